The number of hydrogen-bond donors (Lipinski definition) is 1. The highest BCUT2D eigenvalue weighted by atomic mass is 16.5. The van der Waals surface area contributed by atoms with Crippen LogP contribution in [-0.4, -0.2) is 22.9 Å². The minimum atomic E-state index is -0.694. The molecule has 0 bridgehead atoms. The zero-order chi connectivity index (χ0) is 10.3. The second-order valence-corrected chi connectivity index (χ2v) is 5.71. The first kappa shape index (κ1) is 11.0. The highest BCUT2D eigenvalue weighted by molar-refractivity contribution is 4.89. The second kappa shape index (κ2) is 3.25. The molecule has 0 amide bonds. The van der Waals surface area contributed by atoms with Crippen LogP contribution in [0, 0.1) is 5.41 Å². The van der Waals surface area contributed by atoms with Crippen LogP contribution in [0.4, 0.5) is 0 Å². The summed E-state index contributed by atoms with van der Waals surface area (Å²) in [5.74, 6) is 0. The van der Waals surface area contributed by atoms with E-state index in [0.29, 0.717) is 6.10 Å². The van der Waals surface area contributed by atoms with Gasteiger partial charge in [-0.3, -0.25) is 0 Å². The average molecular weight is 186 g/mol. The van der Waals surface area contributed by atoms with Gasteiger partial charge < -0.3 is 9.84 Å². The zero-order valence-corrected chi connectivity index (χ0v) is 9.42. The van der Waals surface area contributed by atoms with Crippen LogP contribution in [0.3, 0.4) is 0 Å². The van der Waals surface area contributed by atoms with Gasteiger partial charge in [-0.05, 0) is 32.1 Å². The Morgan fingerprint density at radius 3 is 1.69 bits per heavy atom. The third-order valence-electron chi connectivity index (χ3n) is 2.77. The van der Waals surface area contributed by atoms with Gasteiger partial charge >= 0.3 is 0 Å². The second-order valence-electron chi connectivity index (χ2n) is 5.71. The van der Waals surface area contributed by atoms with E-state index in [1.165, 1.54) is 0 Å². The maximum atomic E-state index is 9.78. The molecule has 2 nitrogen and oxygen atoms in total. The molecule has 0 aromatic rings. The van der Waals surface area contributed by atoms with Gasteiger partial charge in [-0.2, -0.15) is 0 Å². The molecule has 0 saturated carbocycles. The molecule has 0 spiro atoms. The number of ether oxygens (including phenoxy) is 1. The smallest absolute Gasteiger partial charge is 0.0861 e. The average Bonchev–Trinajstić information content (AvgIpc) is 2.28. The molecule has 78 valence electrons. The fourth-order valence-electron chi connectivity index (χ4n) is 1.79. The summed E-state index contributed by atoms with van der Waals surface area (Å²) in [5, 5.41) is 9.78. The van der Waals surface area contributed by atoms with E-state index in [1.807, 2.05) is 13.8 Å². The minimum Gasteiger partial charge on any atom is -0.388 e. The highest BCUT2D eigenvalue weighted by Crippen LogP contribution is 2.36. The molecule has 1 N–H and O–H groups in total. The Morgan fingerprint density at radius 2 is 1.46 bits per heavy atom. The summed E-state index contributed by atoms with van der Waals surface area (Å²) in [5.41, 5.74) is -0.500. The number of rotatable bonds is 1. The van der Waals surface area contributed by atoms with Crippen LogP contribution in [0.1, 0.15) is 47.5 Å². The molecule has 0 aliphatic carbocycles. The first-order chi connectivity index (χ1) is 5.71. The van der Waals surface area contributed by atoms with Crippen LogP contribution in [0.2, 0.25) is 0 Å². The predicted octanol–water partition coefficient (Wildman–Crippen LogP) is 2.35. The van der Waals surface area contributed by atoms with Gasteiger partial charge in [-0.15, -0.1) is 0 Å². The molecule has 1 rings (SSSR count). The van der Waals surface area contributed by atoms with Crippen molar-refractivity contribution in [1.82, 2.24) is 0 Å². The van der Waals surface area contributed by atoms with Crippen molar-refractivity contribution in [2.24, 2.45) is 5.41 Å². The summed E-state index contributed by atoms with van der Waals surface area (Å²) in [7, 11) is 0. The van der Waals surface area contributed by atoms with E-state index in [4.69, 9.17) is 4.74 Å². The number of hydrogen-bond acceptors (Lipinski definition) is 2. The molecule has 1 heterocycles. The molecule has 0 aromatic heterocycles. The Kier molecular flexibility index (Phi) is 2.75. The summed E-state index contributed by atoms with van der Waals surface area (Å²) in [4.78, 5) is 0. The molecule has 1 aliphatic rings. The van der Waals surface area contributed by atoms with Crippen molar-refractivity contribution >= 4 is 0 Å². The Bertz CT molecular complexity index is 154. The molecular formula is C11H22O2. The van der Waals surface area contributed by atoms with Gasteiger partial charge in [0, 0.05) is 0 Å². The SMILES string of the molecule is CC(C)(C)[C@@H]1CC[C@H](C(C)(C)O)O1. The highest BCUT2D eigenvalue weighted by Gasteiger charge is 2.39. The Hall–Kier alpha value is -0.0800. The lowest BCUT2D eigenvalue weighted by atomic mass is 9.87. The molecule has 2 atom stereocenters. The summed E-state index contributed by atoms with van der Waals surface area (Å²) in [6.45, 7) is 10.2. The van der Waals surface area contributed by atoms with Crippen molar-refractivity contribution in [3.05, 3.63) is 0 Å². The van der Waals surface area contributed by atoms with E-state index in [9.17, 15) is 5.11 Å². The predicted molar refractivity (Wildman–Crippen MR) is 53.6 cm³/mol. The molecule has 1 aliphatic heterocycles. The van der Waals surface area contributed by atoms with E-state index in [1.54, 1.807) is 0 Å². The quantitative estimate of drug-likeness (QED) is 0.681. The van der Waals surface area contributed by atoms with E-state index in [2.05, 4.69) is 20.8 Å². The molecule has 0 aromatic carbocycles. The maximum absolute atomic E-state index is 9.78. The summed E-state index contributed by atoms with van der Waals surface area (Å²) < 4.78 is 5.84. The summed E-state index contributed by atoms with van der Waals surface area (Å²) in [6, 6.07) is 0. The molecule has 13 heavy (non-hydrogen) atoms. The topological polar surface area (TPSA) is 29.5 Å². The van der Waals surface area contributed by atoms with Crippen LogP contribution < -0.4 is 0 Å². The molecular weight excluding hydrogens is 164 g/mol. The van der Waals surface area contributed by atoms with Crippen molar-refractivity contribution in [2.45, 2.75) is 65.3 Å². The lowest BCUT2D eigenvalue weighted by Crippen LogP contribution is -2.37. The molecule has 1 fully saturated rings. The lowest BCUT2D eigenvalue weighted by Gasteiger charge is -2.30. The van der Waals surface area contributed by atoms with Gasteiger partial charge in [0.25, 0.3) is 0 Å². The third-order valence-corrected chi connectivity index (χ3v) is 2.77. The minimum absolute atomic E-state index is 0.0109. The van der Waals surface area contributed by atoms with Crippen molar-refractivity contribution in [3.63, 3.8) is 0 Å². The zero-order valence-electron chi connectivity index (χ0n) is 9.42. The van der Waals surface area contributed by atoms with Gasteiger partial charge in [0.05, 0.1) is 17.8 Å². The molecule has 0 unspecified atom stereocenters. The lowest BCUT2D eigenvalue weighted by molar-refractivity contribution is -0.104. The van der Waals surface area contributed by atoms with Gasteiger partial charge in [0.15, 0.2) is 0 Å². The van der Waals surface area contributed by atoms with Crippen molar-refractivity contribution in [2.75, 3.05) is 0 Å². The fourth-order valence-corrected chi connectivity index (χ4v) is 1.79. The van der Waals surface area contributed by atoms with Gasteiger partial charge in [0.2, 0.25) is 0 Å². The van der Waals surface area contributed by atoms with Crippen LogP contribution in [0.15, 0.2) is 0 Å². The van der Waals surface area contributed by atoms with E-state index < -0.39 is 5.60 Å². The first-order valence-corrected chi connectivity index (χ1v) is 5.09. The summed E-state index contributed by atoms with van der Waals surface area (Å²) >= 11 is 0. The maximum Gasteiger partial charge on any atom is 0.0861 e. The molecule has 0 radical (unpaired) electrons. The van der Waals surface area contributed by atoms with E-state index >= 15 is 0 Å². The summed E-state index contributed by atoms with van der Waals surface area (Å²) in [6.07, 6.45) is 2.35. The first-order valence-electron chi connectivity index (χ1n) is 5.09. The fraction of sp³-hybridized carbons (Fsp3) is 1.00. The third kappa shape index (κ3) is 2.68. The van der Waals surface area contributed by atoms with Gasteiger partial charge in [-0.25, -0.2) is 0 Å². The van der Waals surface area contributed by atoms with E-state index in [-0.39, 0.29) is 11.5 Å². The van der Waals surface area contributed by atoms with Crippen LogP contribution in [0.25, 0.3) is 0 Å². The Morgan fingerprint density at radius 1 is 1.00 bits per heavy atom. The monoisotopic (exact) mass is 186 g/mol. The van der Waals surface area contributed by atoms with Crippen molar-refractivity contribution < 1.29 is 9.84 Å². The largest absolute Gasteiger partial charge is 0.388 e. The standard InChI is InChI=1S/C11H22O2/c1-10(2,3)8-6-7-9(13-8)11(4,5)12/h8-9,12H,6-7H2,1-5H3/t8-,9+/m0/s1. The van der Waals surface area contributed by atoms with E-state index in [0.717, 1.165) is 12.8 Å². The Labute approximate surface area is 81.3 Å². The Balaban J connectivity index is 2.55. The molecule has 2 heteroatoms. The number of aliphatic hydroxyl groups is 1. The van der Waals surface area contributed by atoms with Crippen LogP contribution >= 0.6 is 0 Å². The molecule has 1 saturated heterocycles. The van der Waals surface area contributed by atoms with Gasteiger partial charge in [0.1, 0.15) is 0 Å². The van der Waals surface area contributed by atoms with Crippen molar-refractivity contribution in [3.8, 4) is 0 Å². The van der Waals surface area contributed by atoms with Crippen molar-refractivity contribution in [1.29, 1.82) is 0 Å². The van der Waals surface area contributed by atoms with Crippen LogP contribution in [0.5, 0.6) is 0 Å². The van der Waals surface area contributed by atoms with Gasteiger partial charge in [-0.1, -0.05) is 20.8 Å². The normalized spacial score (nSPS) is 30.9. The van der Waals surface area contributed by atoms with Crippen LogP contribution in [-0.2, 0) is 4.74 Å².